The van der Waals surface area contributed by atoms with Gasteiger partial charge in [-0.15, -0.1) is 22.1 Å². The van der Waals surface area contributed by atoms with E-state index in [1.165, 1.54) is 84.9 Å². The molecule has 7 aromatic rings. The van der Waals surface area contributed by atoms with Crippen LogP contribution in [0.2, 0.25) is 0 Å². The minimum absolute atomic E-state index is 0. The molecule has 0 saturated heterocycles. The molecule has 2 aliphatic heterocycles. The number of rotatable bonds is 7. The smallest absolute Gasteiger partial charge is 0.657 e. The van der Waals surface area contributed by atoms with Crippen LogP contribution in [0.1, 0.15) is 22.8 Å². The van der Waals surface area contributed by atoms with E-state index in [-0.39, 0.29) is 39.9 Å². The maximum absolute atomic E-state index is 12.0. The van der Waals surface area contributed by atoms with Crippen LogP contribution in [0, 0.1) is 0 Å². The number of phenolic OH excluding ortho intramolecular Hbond substituents is 1. The van der Waals surface area contributed by atoms with E-state index in [1.807, 2.05) is 0 Å². The third kappa shape index (κ3) is 8.08. The Morgan fingerprint density at radius 3 is 0.806 bits per heavy atom. The number of hydrogen-bond acceptors (Lipinski definition) is 9. The molecule has 4 aromatic carbocycles. The molecule has 0 aliphatic carbocycles. The van der Waals surface area contributed by atoms with Crippen molar-refractivity contribution in [3.8, 4) is 50.3 Å². The molecule has 9 rings (SSSR count). The SMILES string of the molecule is O=S(=O)(O)c1ccc(-c2c3nc(c(-c4ccc(S(=O)(=O)O)cc4)c4ccc([n-]4)c(-c4ccc(S(=O)(=O)O)cc4)c4nc(c(-c5ccc(O)cc5)c5ccc2[n-]5)C=C4)C=C3)cc1.[Zn+2]. The molecule has 5 heterocycles. The van der Waals surface area contributed by atoms with Crippen LogP contribution in [0.3, 0.4) is 0 Å². The fourth-order valence-corrected chi connectivity index (χ4v) is 8.72. The number of aromatic hydroxyl groups is 1. The number of fused-ring (bicyclic) bond motifs is 8. The van der Waals surface area contributed by atoms with E-state index >= 15 is 0 Å². The van der Waals surface area contributed by atoms with Gasteiger partial charge in [0.25, 0.3) is 30.4 Å². The van der Waals surface area contributed by atoms with Crippen molar-refractivity contribution in [1.82, 2.24) is 19.9 Å². The molecule has 14 nitrogen and oxygen atoms in total. The average molecular weight is 934 g/mol. The molecule has 0 atom stereocenters. The molecule has 0 spiro atoms. The predicted octanol–water partition coefficient (Wildman–Crippen LogP) is 8.03. The first-order valence-electron chi connectivity index (χ1n) is 18.1. The van der Waals surface area contributed by atoms with Gasteiger partial charge < -0.3 is 15.1 Å². The zero-order chi connectivity index (χ0) is 42.8. The Bertz CT molecular complexity index is 3460. The van der Waals surface area contributed by atoms with E-state index < -0.39 is 30.4 Å². The zero-order valence-corrected chi connectivity index (χ0v) is 37.2. The average Bonchev–Trinajstić information content (AvgIpc) is 4.06. The molecule has 0 amide bonds. The number of benzene rings is 4. The van der Waals surface area contributed by atoms with Crippen LogP contribution < -0.4 is 9.97 Å². The molecule has 18 heteroatoms. The van der Waals surface area contributed by atoms with E-state index in [4.69, 9.17) is 19.9 Å². The second-order valence-electron chi connectivity index (χ2n) is 13.9. The Hall–Kier alpha value is -6.37. The van der Waals surface area contributed by atoms with Gasteiger partial charge in [0.15, 0.2) is 0 Å². The number of phenols is 1. The van der Waals surface area contributed by atoms with Gasteiger partial charge in [0.1, 0.15) is 5.75 Å². The molecule has 62 heavy (non-hydrogen) atoms. The van der Waals surface area contributed by atoms with Crippen molar-refractivity contribution in [2.24, 2.45) is 0 Å². The number of aromatic nitrogens is 4. The monoisotopic (exact) mass is 932 g/mol. The molecule has 0 radical (unpaired) electrons. The minimum Gasteiger partial charge on any atom is -0.657 e. The Balaban J connectivity index is 0.00000529. The summed E-state index contributed by atoms with van der Waals surface area (Å²) in [5.74, 6) is 0.0412. The molecule has 3 aromatic heterocycles. The van der Waals surface area contributed by atoms with Gasteiger partial charge in [-0.05, 0) is 117 Å². The second-order valence-corrected chi connectivity index (χ2v) is 18.2. The summed E-state index contributed by atoms with van der Waals surface area (Å²) in [6, 6.07) is 30.2. The van der Waals surface area contributed by atoms with E-state index in [2.05, 4.69) is 0 Å². The van der Waals surface area contributed by atoms with Gasteiger partial charge in [-0.2, -0.15) is 25.3 Å². The second kappa shape index (κ2) is 15.8. The Kier molecular flexibility index (Phi) is 10.8. The number of nitrogens with zero attached hydrogens (tertiary/aromatic N) is 4. The Morgan fingerprint density at radius 1 is 0.355 bits per heavy atom. The van der Waals surface area contributed by atoms with Gasteiger partial charge in [0, 0.05) is 0 Å². The first-order chi connectivity index (χ1) is 29.0. The van der Waals surface area contributed by atoms with Crippen molar-refractivity contribution in [3.63, 3.8) is 0 Å². The standard InChI is InChI=1S/C44H28N4O10S3.Zn/c49-29-9-1-25(2-10-29)41-33-17-19-35(45-33)42(26-3-11-30(12-4-26)59(50,51)52)37-21-23-39(47-37)44(28-7-15-32(16-8-28)61(56,57)58)40-24-22-38(48-40)43(36-20-18-34(41)46-36)27-5-13-31(14-6-27)60(53,54)55;/h1-24H,(H4-2,45,46,47,48,49,50,51,52,53,54,55,56,57,58);/q-2;+2. The van der Waals surface area contributed by atoms with E-state index in [0.717, 1.165) is 0 Å². The third-order valence-electron chi connectivity index (χ3n) is 10.1. The van der Waals surface area contributed by atoms with Crippen LogP contribution >= 0.6 is 0 Å². The van der Waals surface area contributed by atoms with Crippen LogP contribution in [0.15, 0.2) is 136 Å². The summed E-state index contributed by atoms with van der Waals surface area (Å²) in [6.07, 6.45) is 7.04. The summed E-state index contributed by atoms with van der Waals surface area (Å²) in [5.41, 5.74) is 7.66. The van der Waals surface area contributed by atoms with Crippen molar-refractivity contribution >= 4 is 76.7 Å². The molecule has 0 saturated carbocycles. The molecular weight excluding hydrogens is 906 g/mol. The predicted molar refractivity (Wildman–Crippen MR) is 230 cm³/mol. The van der Waals surface area contributed by atoms with Crippen molar-refractivity contribution < 1.29 is 63.5 Å². The van der Waals surface area contributed by atoms with Crippen LogP contribution in [-0.4, -0.2) is 54.0 Å². The summed E-state index contributed by atoms with van der Waals surface area (Å²) in [5, 5.41) is 10.2. The Morgan fingerprint density at radius 2 is 0.581 bits per heavy atom. The minimum atomic E-state index is -4.53. The van der Waals surface area contributed by atoms with E-state index in [1.54, 1.807) is 60.7 Å². The van der Waals surface area contributed by atoms with Crippen molar-refractivity contribution in [3.05, 3.63) is 144 Å². The molecule has 0 fully saturated rings. The maximum Gasteiger partial charge on any atom is 2.00 e. The van der Waals surface area contributed by atoms with Crippen molar-refractivity contribution in [1.29, 1.82) is 0 Å². The first-order valence-corrected chi connectivity index (χ1v) is 22.4. The fraction of sp³-hybridized carbons (Fsp3) is 0. The summed E-state index contributed by atoms with van der Waals surface area (Å²) in [4.78, 5) is 19.3. The molecule has 0 unspecified atom stereocenters. The van der Waals surface area contributed by atoms with Crippen LogP contribution in [0.5, 0.6) is 5.75 Å². The van der Waals surface area contributed by atoms with Gasteiger partial charge in [-0.25, -0.2) is 9.97 Å². The fourth-order valence-electron chi connectivity index (χ4n) is 7.28. The Labute approximate surface area is 367 Å². The van der Waals surface area contributed by atoms with Crippen molar-refractivity contribution in [2.75, 3.05) is 0 Å². The van der Waals surface area contributed by atoms with Crippen molar-refractivity contribution in [2.45, 2.75) is 14.7 Å². The van der Waals surface area contributed by atoms with Gasteiger partial charge in [0.2, 0.25) is 0 Å². The molecule has 4 N–H and O–H groups in total. The van der Waals surface area contributed by atoms with Crippen LogP contribution in [0.25, 0.3) is 90.9 Å². The molecule has 8 bridgehead atoms. The van der Waals surface area contributed by atoms with Gasteiger partial charge >= 0.3 is 19.5 Å². The normalized spacial score (nSPS) is 12.6. The van der Waals surface area contributed by atoms with Crippen LogP contribution in [0.4, 0.5) is 0 Å². The molecule has 2 aliphatic rings. The number of hydrogen-bond donors (Lipinski definition) is 4. The van der Waals surface area contributed by atoms with Gasteiger partial charge in [0.05, 0.1) is 37.5 Å². The first kappa shape index (κ1) is 42.3. The third-order valence-corrected chi connectivity index (χ3v) is 12.7. The van der Waals surface area contributed by atoms with Crippen LogP contribution in [-0.2, 0) is 49.8 Å². The zero-order valence-electron chi connectivity index (χ0n) is 31.8. The quantitative estimate of drug-likeness (QED) is 0.0875. The van der Waals surface area contributed by atoms with E-state index in [9.17, 15) is 44.0 Å². The van der Waals surface area contributed by atoms with Gasteiger partial charge in [-0.1, -0.05) is 72.8 Å². The summed E-state index contributed by atoms with van der Waals surface area (Å²) in [7, 11) is -13.6. The van der Waals surface area contributed by atoms with E-state index in [0.29, 0.717) is 89.4 Å². The summed E-state index contributed by atoms with van der Waals surface area (Å²) < 4.78 is 101. The summed E-state index contributed by atoms with van der Waals surface area (Å²) in [6.45, 7) is 0. The molecular formula is C44H28N4O10S3Zn. The summed E-state index contributed by atoms with van der Waals surface area (Å²) >= 11 is 0. The largest absolute Gasteiger partial charge is 2.00 e. The van der Waals surface area contributed by atoms with Gasteiger partial charge in [-0.3, -0.25) is 13.7 Å². The molecule has 304 valence electrons. The maximum atomic E-state index is 12.0. The topological polar surface area (TPSA) is 237 Å².